The number of halogens is 3. The Hall–Kier alpha value is -1.55. The highest BCUT2D eigenvalue weighted by atomic mass is 32.2. The van der Waals surface area contributed by atoms with E-state index < -0.39 is 18.6 Å². The third-order valence-electron chi connectivity index (χ3n) is 5.18. The average Bonchev–Trinajstić information content (AvgIpc) is 3.19. The Morgan fingerprint density at radius 2 is 2.07 bits per heavy atom. The number of thioether (sulfide) groups is 1. The minimum Gasteiger partial charge on any atom is -0.346 e. The molecule has 0 fully saturated rings. The van der Waals surface area contributed by atoms with Crippen molar-refractivity contribution in [2.75, 3.05) is 12.3 Å². The monoisotopic (exact) mass is 446 g/mol. The number of alkyl halides is 3. The summed E-state index contributed by atoms with van der Waals surface area (Å²) in [5.41, 5.74) is 1.65. The molecule has 0 saturated heterocycles. The van der Waals surface area contributed by atoms with Gasteiger partial charge in [0, 0.05) is 11.9 Å². The highest BCUT2D eigenvalue weighted by Gasteiger charge is 2.31. The summed E-state index contributed by atoms with van der Waals surface area (Å²) in [6, 6.07) is 2.19. The third-order valence-corrected chi connectivity index (χ3v) is 7.43. The van der Waals surface area contributed by atoms with Gasteiger partial charge in [-0.25, -0.2) is 0 Å². The highest BCUT2D eigenvalue weighted by Crippen LogP contribution is 2.42. The van der Waals surface area contributed by atoms with Crippen LogP contribution >= 0.6 is 23.1 Å². The zero-order valence-electron chi connectivity index (χ0n) is 16.9. The molecular weight excluding hydrogens is 421 g/mol. The molecule has 2 aromatic heterocycles. The highest BCUT2D eigenvalue weighted by molar-refractivity contribution is 7.99. The van der Waals surface area contributed by atoms with Crippen LogP contribution in [-0.4, -0.2) is 39.1 Å². The minimum atomic E-state index is -4.41. The van der Waals surface area contributed by atoms with Crippen molar-refractivity contribution >= 4 is 29.0 Å². The maximum absolute atomic E-state index is 12.2. The van der Waals surface area contributed by atoms with E-state index in [1.165, 1.54) is 16.9 Å². The molecule has 160 valence electrons. The van der Waals surface area contributed by atoms with Crippen molar-refractivity contribution in [1.29, 1.82) is 0 Å². The van der Waals surface area contributed by atoms with Crippen LogP contribution in [0.25, 0.3) is 10.7 Å². The Labute approximate surface area is 176 Å². The standard InChI is InChI=1S/C19H25F3N4OS2/c1-18(2,3)12-5-6-13-11(7-12)8-14(29-13)16-24-25-17(26(16)4)28-9-15(27)23-10-19(20,21)22/h8,12H,5-7,9-10H2,1-4H3,(H,23,27)/t12-/m0/s1. The van der Waals surface area contributed by atoms with Gasteiger partial charge in [-0.15, -0.1) is 21.5 Å². The Bertz CT molecular complexity index is 883. The van der Waals surface area contributed by atoms with Crippen molar-refractivity contribution in [2.24, 2.45) is 18.4 Å². The van der Waals surface area contributed by atoms with Gasteiger partial charge in [-0.1, -0.05) is 32.5 Å². The number of fused-ring (bicyclic) bond motifs is 1. The molecule has 0 saturated carbocycles. The Balaban J connectivity index is 1.66. The van der Waals surface area contributed by atoms with Crippen LogP contribution in [0.1, 0.15) is 37.6 Å². The lowest BCUT2D eigenvalue weighted by atomic mass is 9.72. The first-order chi connectivity index (χ1) is 13.4. The van der Waals surface area contributed by atoms with Crippen LogP contribution in [0, 0.1) is 11.3 Å². The van der Waals surface area contributed by atoms with Crippen molar-refractivity contribution in [3.05, 3.63) is 16.5 Å². The van der Waals surface area contributed by atoms with E-state index in [0.717, 1.165) is 35.3 Å². The molecule has 0 spiro atoms. The molecule has 29 heavy (non-hydrogen) atoms. The van der Waals surface area contributed by atoms with Gasteiger partial charge in [-0.3, -0.25) is 4.79 Å². The van der Waals surface area contributed by atoms with Crippen LogP contribution in [0.2, 0.25) is 0 Å². The fourth-order valence-electron chi connectivity index (χ4n) is 3.41. The van der Waals surface area contributed by atoms with Crippen LogP contribution in [0.5, 0.6) is 0 Å². The van der Waals surface area contributed by atoms with E-state index in [-0.39, 0.29) is 11.2 Å². The first kappa shape index (κ1) is 22.1. The smallest absolute Gasteiger partial charge is 0.346 e. The molecular formula is C19H25F3N4OS2. The second-order valence-corrected chi connectivity index (χ2v) is 10.5. The number of aromatic nitrogens is 3. The molecule has 0 aromatic carbocycles. The lowest BCUT2D eigenvalue weighted by Crippen LogP contribution is -2.34. The first-order valence-electron chi connectivity index (χ1n) is 9.41. The van der Waals surface area contributed by atoms with Gasteiger partial charge in [0.1, 0.15) is 6.54 Å². The summed E-state index contributed by atoms with van der Waals surface area (Å²) in [7, 11) is 1.81. The molecule has 0 bridgehead atoms. The second-order valence-electron chi connectivity index (χ2n) is 8.41. The first-order valence-corrected chi connectivity index (χ1v) is 11.2. The minimum absolute atomic E-state index is 0.143. The molecule has 3 rings (SSSR count). The topological polar surface area (TPSA) is 59.8 Å². The van der Waals surface area contributed by atoms with E-state index in [1.807, 2.05) is 12.4 Å². The third kappa shape index (κ3) is 5.53. The molecule has 10 heteroatoms. The Morgan fingerprint density at radius 3 is 2.72 bits per heavy atom. The lowest BCUT2D eigenvalue weighted by molar-refractivity contribution is -0.136. The van der Waals surface area contributed by atoms with E-state index in [1.54, 1.807) is 15.9 Å². The zero-order valence-corrected chi connectivity index (χ0v) is 18.5. The van der Waals surface area contributed by atoms with Gasteiger partial charge < -0.3 is 9.88 Å². The van der Waals surface area contributed by atoms with E-state index in [2.05, 4.69) is 37.0 Å². The molecule has 1 aliphatic rings. The summed E-state index contributed by atoms with van der Waals surface area (Å²) in [5.74, 6) is 0.542. The zero-order chi connectivity index (χ0) is 21.4. The van der Waals surface area contributed by atoms with Gasteiger partial charge in [0.05, 0.1) is 10.6 Å². The normalized spacial score (nSPS) is 17.3. The lowest BCUT2D eigenvalue weighted by Gasteiger charge is -2.33. The fourth-order valence-corrected chi connectivity index (χ4v) is 5.38. The van der Waals surface area contributed by atoms with Crippen LogP contribution < -0.4 is 5.32 Å². The molecule has 1 atom stereocenters. The molecule has 0 aliphatic heterocycles. The van der Waals surface area contributed by atoms with Gasteiger partial charge >= 0.3 is 6.18 Å². The van der Waals surface area contributed by atoms with Crippen LogP contribution in [-0.2, 0) is 24.7 Å². The molecule has 5 nitrogen and oxygen atoms in total. The number of nitrogens with one attached hydrogen (secondary N) is 1. The Morgan fingerprint density at radius 1 is 1.34 bits per heavy atom. The number of nitrogens with zero attached hydrogens (tertiary/aromatic N) is 3. The number of thiophene rings is 1. The summed E-state index contributed by atoms with van der Waals surface area (Å²) in [6.07, 6.45) is -1.10. The summed E-state index contributed by atoms with van der Waals surface area (Å²) in [4.78, 5) is 14.0. The van der Waals surface area contributed by atoms with Crippen molar-refractivity contribution in [3.63, 3.8) is 0 Å². The van der Waals surface area contributed by atoms with Crippen molar-refractivity contribution in [3.8, 4) is 10.7 Å². The SMILES string of the molecule is Cn1c(SCC(=O)NCC(F)(F)F)nnc1-c1cc2c(s1)CC[C@H](C(C)(C)C)C2. The quantitative estimate of drug-likeness (QED) is 0.689. The largest absolute Gasteiger partial charge is 0.405 e. The van der Waals surface area contributed by atoms with E-state index in [9.17, 15) is 18.0 Å². The van der Waals surface area contributed by atoms with Gasteiger partial charge in [0.2, 0.25) is 5.91 Å². The van der Waals surface area contributed by atoms with Gasteiger partial charge in [0.25, 0.3) is 0 Å². The number of carbonyl (C=O) groups is 1. The summed E-state index contributed by atoms with van der Waals surface area (Å²) >= 11 is 2.80. The summed E-state index contributed by atoms with van der Waals surface area (Å²) < 4.78 is 38.3. The Kier molecular flexibility index (Phi) is 6.33. The van der Waals surface area contributed by atoms with Crippen molar-refractivity contribution in [1.82, 2.24) is 20.1 Å². The van der Waals surface area contributed by atoms with Crippen LogP contribution in [0.15, 0.2) is 11.2 Å². The molecule has 1 aliphatic carbocycles. The van der Waals surface area contributed by atoms with Gasteiger partial charge in [0.15, 0.2) is 11.0 Å². The second kappa shape index (κ2) is 8.29. The number of hydrogen-bond donors (Lipinski definition) is 1. The molecule has 0 unspecified atom stereocenters. The number of aryl methyl sites for hydroxylation is 1. The van der Waals surface area contributed by atoms with E-state index in [4.69, 9.17) is 0 Å². The average molecular weight is 447 g/mol. The van der Waals surface area contributed by atoms with Crippen LogP contribution in [0.3, 0.4) is 0 Å². The van der Waals surface area contributed by atoms with Crippen molar-refractivity contribution in [2.45, 2.75) is 51.4 Å². The number of amides is 1. The molecule has 0 radical (unpaired) electrons. The predicted octanol–water partition coefficient (Wildman–Crippen LogP) is 4.47. The maximum Gasteiger partial charge on any atom is 0.405 e. The maximum atomic E-state index is 12.2. The molecule has 2 aromatic rings. The van der Waals surface area contributed by atoms with E-state index in [0.29, 0.717) is 11.1 Å². The van der Waals surface area contributed by atoms with Gasteiger partial charge in [-0.05, 0) is 42.2 Å². The number of carbonyl (C=O) groups excluding carboxylic acids is 1. The number of rotatable bonds is 5. The van der Waals surface area contributed by atoms with E-state index >= 15 is 0 Å². The van der Waals surface area contributed by atoms with Gasteiger partial charge in [-0.2, -0.15) is 13.2 Å². The molecule has 1 N–H and O–H groups in total. The number of hydrogen-bond acceptors (Lipinski definition) is 5. The van der Waals surface area contributed by atoms with Crippen molar-refractivity contribution < 1.29 is 18.0 Å². The molecule has 2 heterocycles. The summed E-state index contributed by atoms with van der Waals surface area (Å²) in [6.45, 7) is 5.53. The predicted molar refractivity (Wildman–Crippen MR) is 109 cm³/mol. The fraction of sp³-hybridized carbons (Fsp3) is 0.632. The molecule has 1 amide bonds. The summed E-state index contributed by atoms with van der Waals surface area (Å²) in [5, 5.41) is 10.7. The van der Waals surface area contributed by atoms with Crippen LogP contribution in [0.4, 0.5) is 13.2 Å².